The molecule has 0 saturated carbocycles. The number of carbonyl (C=O) groups excluding carboxylic acids is 1. The van der Waals surface area contributed by atoms with Gasteiger partial charge in [-0.2, -0.15) is 43.2 Å². The van der Waals surface area contributed by atoms with Crippen LogP contribution in [-0.4, -0.2) is 59.3 Å². The van der Waals surface area contributed by atoms with Crippen molar-refractivity contribution in [2.45, 2.75) is 36.7 Å². The van der Waals surface area contributed by atoms with Gasteiger partial charge in [0.05, 0.1) is 19.6 Å². The molecule has 2 aromatic carbocycles. The third kappa shape index (κ3) is 9.32. The number of rotatable bonds is 9. The third-order valence-corrected chi connectivity index (χ3v) is 7.04. The highest BCUT2D eigenvalue weighted by molar-refractivity contribution is 8.00. The minimum atomic E-state index is -6.85. The monoisotopic (exact) mass is 584 g/mol. The lowest BCUT2D eigenvalue weighted by Crippen LogP contribution is -2.34. The molecule has 0 heterocycles. The Labute approximate surface area is 208 Å². The Hall–Kier alpha value is -2.63. The van der Waals surface area contributed by atoms with Gasteiger partial charge in [0.2, 0.25) is 0 Å². The van der Waals surface area contributed by atoms with Gasteiger partial charge in [0.25, 0.3) is 0 Å². The van der Waals surface area contributed by atoms with E-state index in [1.807, 2.05) is 47.0 Å². The second kappa shape index (κ2) is 12.7. The molecule has 210 valence electrons. The summed E-state index contributed by atoms with van der Waals surface area (Å²) in [6.07, 6.45) is 1.34. The fourth-order valence-corrected chi connectivity index (χ4v) is 4.04. The number of carbonyl (C=O) groups is 1. The maximum Gasteiger partial charge on any atom is 0.524 e. The number of benzene rings is 2. The maximum absolute atomic E-state index is 12.0. The molecule has 0 bridgehead atoms. The molecule has 0 fully saturated rings. The van der Waals surface area contributed by atoms with Crippen LogP contribution in [0.2, 0.25) is 0 Å². The predicted molar refractivity (Wildman–Crippen MR) is 117 cm³/mol. The van der Waals surface area contributed by atoms with Gasteiger partial charge in [-0.3, -0.25) is 4.79 Å². The molecule has 37 heavy (non-hydrogen) atoms. The predicted octanol–water partition coefficient (Wildman–Crippen LogP) is 3.97. The van der Waals surface area contributed by atoms with Crippen molar-refractivity contribution in [2.75, 3.05) is 20.3 Å². The number of fused-ring (bicyclic) bond motifs is 1. The summed E-state index contributed by atoms with van der Waals surface area (Å²) < 4.78 is 120. The molecule has 2 aromatic rings. The molecule has 0 aromatic heterocycles. The Bertz CT molecular complexity index is 1230. The zero-order chi connectivity index (χ0) is 28.7. The fraction of sp³-hybridized carbons (Fsp3) is 0.450. The zero-order valence-corrected chi connectivity index (χ0v) is 20.8. The second-order valence-electron chi connectivity index (χ2n) is 7.16. The molecule has 0 amide bonds. The first-order valence-electron chi connectivity index (χ1n) is 10.0. The number of aliphatic hydroxyl groups is 1. The summed E-state index contributed by atoms with van der Waals surface area (Å²) in [6, 6.07) is 11.8. The molecular formula is C20H22F6O9S2. The van der Waals surface area contributed by atoms with Gasteiger partial charge in [-0.1, -0.05) is 24.3 Å². The highest BCUT2D eigenvalue weighted by Crippen LogP contribution is 2.32. The summed E-state index contributed by atoms with van der Waals surface area (Å²) in [5, 5.41) is 10.9. The molecule has 0 aliphatic carbocycles. The molecule has 0 aliphatic rings. The van der Waals surface area contributed by atoms with E-state index >= 15 is 0 Å². The van der Waals surface area contributed by atoms with E-state index < -0.39 is 31.3 Å². The standard InChI is InChI=1S/C18H22O4.C2F6O5S2/c1-13(18(20)22-10-4-3-9-19)14-5-6-16-12-17(21-2)8-7-15(16)11-14;3-1(4,5)14(9,10)13-15(11,12)2(6,7)8/h5-8,11-13,19H,3-4,9-10H2,1-2H3;/t13-;/m0./s1. The van der Waals surface area contributed by atoms with Gasteiger partial charge in [-0.15, -0.1) is 3.63 Å². The van der Waals surface area contributed by atoms with E-state index in [4.69, 9.17) is 14.6 Å². The molecule has 9 nitrogen and oxygen atoms in total. The lowest BCUT2D eigenvalue weighted by Gasteiger charge is -2.13. The van der Waals surface area contributed by atoms with Crippen molar-refractivity contribution in [1.29, 1.82) is 0 Å². The largest absolute Gasteiger partial charge is 0.524 e. The molecule has 1 atom stereocenters. The average Bonchev–Trinajstić information content (AvgIpc) is 2.78. The van der Waals surface area contributed by atoms with Crippen LogP contribution >= 0.6 is 0 Å². The van der Waals surface area contributed by atoms with Gasteiger partial charge in [0, 0.05) is 6.61 Å². The summed E-state index contributed by atoms with van der Waals surface area (Å²) in [4.78, 5) is 12.0. The first kappa shape index (κ1) is 32.4. The molecule has 0 radical (unpaired) electrons. The van der Waals surface area contributed by atoms with Crippen LogP contribution in [0, 0.1) is 0 Å². The van der Waals surface area contributed by atoms with Crippen LogP contribution in [0.25, 0.3) is 10.8 Å². The quantitative estimate of drug-likeness (QED) is 0.201. The summed E-state index contributed by atoms with van der Waals surface area (Å²) in [5.74, 6) is 0.281. The lowest BCUT2D eigenvalue weighted by atomic mass is 9.98. The molecule has 0 aliphatic heterocycles. The normalized spacial score (nSPS) is 13.4. The zero-order valence-electron chi connectivity index (χ0n) is 19.2. The van der Waals surface area contributed by atoms with E-state index in [1.54, 1.807) is 7.11 Å². The summed E-state index contributed by atoms with van der Waals surface area (Å²) in [5.41, 5.74) is -11.6. The van der Waals surface area contributed by atoms with Crippen LogP contribution in [-0.2, 0) is 33.4 Å². The molecule has 2 rings (SSSR count). The van der Waals surface area contributed by atoms with Crippen LogP contribution in [0.1, 0.15) is 31.2 Å². The number of hydrogen-bond acceptors (Lipinski definition) is 9. The van der Waals surface area contributed by atoms with Crippen molar-refractivity contribution < 1.29 is 66.2 Å². The summed E-state index contributed by atoms with van der Waals surface area (Å²) >= 11 is 0. The average molecular weight is 585 g/mol. The molecule has 0 spiro atoms. The number of esters is 1. The van der Waals surface area contributed by atoms with Crippen LogP contribution in [0.15, 0.2) is 36.4 Å². The number of alkyl halides is 6. The minimum Gasteiger partial charge on any atom is -0.497 e. The Morgan fingerprint density at radius 2 is 1.41 bits per heavy atom. The van der Waals surface area contributed by atoms with Gasteiger partial charge in [0.1, 0.15) is 5.75 Å². The van der Waals surface area contributed by atoms with Crippen molar-refractivity contribution in [1.82, 2.24) is 0 Å². The number of halogens is 6. The molecule has 0 unspecified atom stereocenters. The van der Waals surface area contributed by atoms with Crippen LogP contribution in [0.3, 0.4) is 0 Å². The number of unbranched alkanes of at least 4 members (excludes halogenated alkanes) is 1. The lowest BCUT2D eigenvalue weighted by molar-refractivity contribution is -0.145. The molecule has 17 heteroatoms. The fourth-order valence-electron chi connectivity index (χ4n) is 2.48. The Morgan fingerprint density at radius 1 is 0.892 bits per heavy atom. The number of methoxy groups -OCH3 is 1. The highest BCUT2D eigenvalue weighted by atomic mass is 32.3. The second-order valence-corrected chi connectivity index (χ2v) is 10.4. The van der Waals surface area contributed by atoms with Gasteiger partial charge in [-0.05, 0) is 48.2 Å². The van der Waals surface area contributed by atoms with Crippen LogP contribution < -0.4 is 4.74 Å². The molecule has 0 saturated heterocycles. The Kier molecular flexibility index (Phi) is 11.2. The number of aliphatic hydroxyl groups excluding tert-OH is 1. The van der Waals surface area contributed by atoms with Crippen LogP contribution in [0.4, 0.5) is 26.3 Å². The van der Waals surface area contributed by atoms with E-state index in [0.29, 0.717) is 19.4 Å². The molecule has 1 N–H and O–H groups in total. The Morgan fingerprint density at radius 3 is 1.89 bits per heavy atom. The minimum absolute atomic E-state index is 0.126. The van der Waals surface area contributed by atoms with Crippen molar-refractivity contribution in [3.8, 4) is 5.75 Å². The van der Waals surface area contributed by atoms with Crippen LogP contribution in [0.5, 0.6) is 5.75 Å². The van der Waals surface area contributed by atoms with Crippen molar-refractivity contribution in [3.63, 3.8) is 0 Å². The first-order valence-corrected chi connectivity index (χ1v) is 12.9. The number of ether oxygens (including phenoxy) is 2. The maximum atomic E-state index is 12.0. The topological polar surface area (TPSA) is 133 Å². The smallest absolute Gasteiger partial charge is 0.497 e. The van der Waals surface area contributed by atoms with E-state index in [9.17, 15) is 48.0 Å². The first-order chi connectivity index (χ1) is 16.9. The van der Waals surface area contributed by atoms with E-state index in [2.05, 4.69) is 0 Å². The van der Waals surface area contributed by atoms with Crippen molar-refractivity contribution >= 4 is 37.0 Å². The van der Waals surface area contributed by atoms with E-state index in [1.165, 1.54) is 0 Å². The van der Waals surface area contributed by atoms with Gasteiger partial charge in [0.15, 0.2) is 0 Å². The Balaban J connectivity index is 0.000000401. The summed E-state index contributed by atoms with van der Waals surface area (Å²) in [6.45, 7) is 2.33. The summed E-state index contributed by atoms with van der Waals surface area (Å²) in [7, 11) is -12.0. The highest BCUT2D eigenvalue weighted by Gasteiger charge is 2.57. The van der Waals surface area contributed by atoms with Crippen molar-refractivity contribution in [2.24, 2.45) is 0 Å². The van der Waals surface area contributed by atoms with E-state index in [0.717, 1.165) is 22.1 Å². The van der Waals surface area contributed by atoms with Crippen molar-refractivity contribution in [3.05, 3.63) is 42.0 Å². The van der Waals surface area contributed by atoms with E-state index in [-0.39, 0.29) is 18.5 Å². The SMILES string of the molecule is COc1ccc2cc([C@H](C)C(=O)OCCCCO)ccc2c1.O=S(=O)(OS(=O)(=O)C(F)(F)F)C(F)(F)F. The third-order valence-electron chi connectivity index (χ3n) is 4.47. The number of hydrogen-bond donors (Lipinski definition) is 1. The molecular weight excluding hydrogens is 562 g/mol. The van der Waals surface area contributed by atoms with Gasteiger partial charge >= 0.3 is 37.2 Å². The van der Waals surface area contributed by atoms with Gasteiger partial charge in [-0.25, -0.2) is 0 Å². The van der Waals surface area contributed by atoms with Gasteiger partial charge < -0.3 is 14.6 Å².